The van der Waals surface area contributed by atoms with Crippen LogP contribution in [0.1, 0.15) is 39.0 Å². The highest BCUT2D eigenvalue weighted by molar-refractivity contribution is 8.19. The first-order valence-corrected chi connectivity index (χ1v) is 13.3. The molecule has 2 aromatic carbocycles. The number of hydrogen-bond acceptors (Lipinski definition) is 6. The summed E-state index contributed by atoms with van der Waals surface area (Å²) in [6.07, 6.45) is 5.51. The van der Waals surface area contributed by atoms with Crippen LogP contribution in [0, 0.1) is 0 Å². The van der Waals surface area contributed by atoms with Gasteiger partial charge in [0, 0.05) is 22.5 Å². The third-order valence-electron chi connectivity index (χ3n) is 6.23. The van der Waals surface area contributed by atoms with Gasteiger partial charge in [0.1, 0.15) is 21.4 Å². The van der Waals surface area contributed by atoms with Crippen LogP contribution in [0.3, 0.4) is 0 Å². The summed E-state index contributed by atoms with van der Waals surface area (Å²) in [5.74, 6) is 0.697. The largest absolute Gasteiger partial charge is 0.494 e. The van der Waals surface area contributed by atoms with Crippen LogP contribution in [0.4, 0.5) is 11.4 Å². The van der Waals surface area contributed by atoms with E-state index in [4.69, 9.17) is 21.3 Å². The first kappa shape index (κ1) is 22.7. The molecule has 172 valence electrons. The molecule has 2 aliphatic heterocycles. The lowest BCUT2D eigenvalue weighted by molar-refractivity contribution is -0.124. The predicted octanol–water partition coefficient (Wildman–Crippen LogP) is 7.05. The molecule has 0 bridgehead atoms. The first-order valence-electron chi connectivity index (χ1n) is 11.3. The van der Waals surface area contributed by atoms with Gasteiger partial charge >= 0.3 is 0 Å². The minimum atomic E-state index is 0.0559. The molecule has 0 aromatic heterocycles. The van der Waals surface area contributed by atoms with Gasteiger partial charge in [0.15, 0.2) is 5.17 Å². The van der Waals surface area contributed by atoms with Gasteiger partial charge < -0.3 is 9.64 Å². The Morgan fingerprint density at radius 2 is 1.91 bits per heavy atom. The molecule has 3 aliphatic rings. The molecule has 0 atom stereocenters. The highest BCUT2D eigenvalue weighted by Gasteiger charge is 2.43. The molecule has 1 aliphatic carbocycles. The standard InChI is InChI=1S/C25H26ClN3O2S2/c1-3-28-19-11-7-8-12-21(19)32-24(28)22-23(30)29(17-9-5-4-6-10-17)25(33-22)27-18-15-16(26)13-14-20(18)31-2/h7-8,11-15,17H,3-6,9-10H2,1-2H3. The highest BCUT2D eigenvalue weighted by atomic mass is 35.5. The van der Waals surface area contributed by atoms with Crippen LogP contribution in [0.5, 0.6) is 5.75 Å². The van der Waals surface area contributed by atoms with Crippen molar-refractivity contribution >= 4 is 57.6 Å². The van der Waals surface area contributed by atoms with Crippen molar-refractivity contribution < 1.29 is 9.53 Å². The predicted molar refractivity (Wildman–Crippen MR) is 139 cm³/mol. The van der Waals surface area contributed by atoms with Crippen molar-refractivity contribution in [2.45, 2.75) is 50.0 Å². The Kier molecular flexibility index (Phi) is 6.63. The molecule has 0 radical (unpaired) electrons. The second-order valence-electron chi connectivity index (χ2n) is 8.23. The molecule has 8 heteroatoms. The normalized spacial score (nSPS) is 22.4. The van der Waals surface area contributed by atoms with Crippen molar-refractivity contribution in [2.75, 3.05) is 18.6 Å². The second-order valence-corrected chi connectivity index (χ2v) is 10.7. The van der Waals surface area contributed by atoms with Crippen LogP contribution in [0.2, 0.25) is 5.02 Å². The van der Waals surface area contributed by atoms with Gasteiger partial charge in [-0.1, -0.05) is 54.8 Å². The third-order valence-corrected chi connectivity index (χ3v) is 8.82. The summed E-state index contributed by atoms with van der Waals surface area (Å²) in [6.45, 7) is 2.92. The number of rotatable bonds is 4. The number of anilines is 1. The van der Waals surface area contributed by atoms with Crippen molar-refractivity contribution in [3.8, 4) is 5.75 Å². The van der Waals surface area contributed by atoms with E-state index in [0.29, 0.717) is 21.6 Å². The summed E-state index contributed by atoms with van der Waals surface area (Å²) < 4.78 is 5.52. The Morgan fingerprint density at radius 1 is 1.12 bits per heavy atom. The number of benzene rings is 2. The SMILES string of the molecule is CCN1C(=C2SC(=Nc3cc(Cl)ccc3OC)N(C3CCCCC3)C2=O)Sc2ccccc21. The number of nitrogens with zero attached hydrogens (tertiary/aromatic N) is 3. The summed E-state index contributed by atoms with van der Waals surface area (Å²) in [4.78, 5) is 24.9. The van der Waals surface area contributed by atoms with Gasteiger partial charge in [-0.2, -0.15) is 0 Å². The monoisotopic (exact) mass is 499 g/mol. The lowest BCUT2D eigenvalue weighted by Gasteiger charge is -2.30. The zero-order valence-electron chi connectivity index (χ0n) is 18.7. The summed E-state index contributed by atoms with van der Waals surface area (Å²) in [5, 5.41) is 2.30. The maximum Gasteiger partial charge on any atom is 0.269 e. The summed E-state index contributed by atoms with van der Waals surface area (Å²) >= 11 is 9.41. The number of carbonyl (C=O) groups excluding carboxylic acids is 1. The second kappa shape index (κ2) is 9.65. The van der Waals surface area contributed by atoms with Crippen LogP contribution in [0.15, 0.2) is 62.3 Å². The molecule has 2 aromatic rings. The van der Waals surface area contributed by atoms with Crippen LogP contribution in [0.25, 0.3) is 0 Å². The maximum absolute atomic E-state index is 13.9. The van der Waals surface area contributed by atoms with Gasteiger partial charge in [0.2, 0.25) is 0 Å². The molecule has 33 heavy (non-hydrogen) atoms. The molecule has 2 fully saturated rings. The molecule has 0 spiro atoms. The van der Waals surface area contributed by atoms with E-state index < -0.39 is 0 Å². The number of thioether (sulfide) groups is 2. The number of fused-ring (bicyclic) bond motifs is 1. The van der Waals surface area contributed by atoms with Crippen molar-refractivity contribution in [2.24, 2.45) is 4.99 Å². The quantitative estimate of drug-likeness (QED) is 0.422. The average Bonchev–Trinajstić information content (AvgIpc) is 3.36. The van der Waals surface area contributed by atoms with Crippen molar-refractivity contribution in [3.63, 3.8) is 0 Å². The average molecular weight is 500 g/mol. The number of hydrogen-bond donors (Lipinski definition) is 0. The number of para-hydroxylation sites is 1. The molecule has 1 saturated heterocycles. The Hall–Kier alpha value is -2.09. The van der Waals surface area contributed by atoms with Gasteiger partial charge in [-0.15, -0.1) is 0 Å². The number of amides is 1. The Bertz CT molecular complexity index is 1140. The van der Waals surface area contributed by atoms with E-state index in [1.807, 2.05) is 23.1 Å². The fourth-order valence-corrected chi connectivity index (χ4v) is 7.24. The minimum Gasteiger partial charge on any atom is -0.494 e. The third kappa shape index (κ3) is 4.27. The first-order chi connectivity index (χ1) is 16.1. The maximum atomic E-state index is 13.9. The fraction of sp³-hybridized carbons (Fsp3) is 0.360. The van der Waals surface area contributed by atoms with Gasteiger partial charge in [0.25, 0.3) is 5.91 Å². The molecular formula is C25H26ClN3O2S2. The molecule has 0 unspecified atom stereocenters. The van der Waals surface area contributed by atoms with Gasteiger partial charge in [-0.05, 0) is 61.9 Å². The van der Waals surface area contributed by atoms with E-state index in [-0.39, 0.29) is 11.9 Å². The number of ether oxygens (including phenoxy) is 1. The zero-order chi connectivity index (χ0) is 22.9. The number of methoxy groups -OCH3 is 1. The molecule has 0 N–H and O–H groups in total. The van der Waals surface area contributed by atoms with E-state index in [1.54, 1.807) is 31.0 Å². The van der Waals surface area contributed by atoms with Gasteiger partial charge in [-0.3, -0.25) is 9.69 Å². The molecule has 1 amide bonds. The van der Waals surface area contributed by atoms with E-state index >= 15 is 0 Å². The summed E-state index contributed by atoms with van der Waals surface area (Å²) in [5.41, 5.74) is 1.80. The van der Waals surface area contributed by atoms with E-state index in [1.165, 1.54) is 23.1 Å². The molecule has 5 nitrogen and oxygen atoms in total. The van der Waals surface area contributed by atoms with Crippen LogP contribution < -0.4 is 9.64 Å². The Labute approximate surface area is 208 Å². The van der Waals surface area contributed by atoms with Crippen molar-refractivity contribution in [1.82, 2.24) is 4.90 Å². The van der Waals surface area contributed by atoms with Gasteiger partial charge in [0.05, 0.1) is 12.8 Å². The summed E-state index contributed by atoms with van der Waals surface area (Å²) in [7, 11) is 1.62. The molecule has 5 rings (SSSR count). The van der Waals surface area contributed by atoms with Crippen LogP contribution in [-0.4, -0.2) is 35.7 Å². The highest BCUT2D eigenvalue weighted by Crippen LogP contribution is 2.51. The lowest BCUT2D eigenvalue weighted by atomic mass is 9.94. The molecular weight excluding hydrogens is 474 g/mol. The van der Waals surface area contributed by atoms with Gasteiger partial charge in [-0.25, -0.2) is 4.99 Å². The van der Waals surface area contributed by atoms with E-state index in [2.05, 4.69) is 24.0 Å². The van der Waals surface area contributed by atoms with Crippen LogP contribution in [-0.2, 0) is 4.79 Å². The van der Waals surface area contributed by atoms with Crippen LogP contribution >= 0.6 is 35.1 Å². The van der Waals surface area contributed by atoms with Crippen molar-refractivity contribution in [1.29, 1.82) is 0 Å². The minimum absolute atomic E-state index is 0.0559. The number of halogens is 1. The Morgan fingerprint density at radius 3 is 2.67 bits per heavy atom. The van der Waals surface area contributed by atoms with E-state index in [0.717, 1.165) is 47.8 Å². The van der Waals surface area contributed by atoms with E-state index in [9.17, 15) is 4.79 Å². The number of amidine groups is 1. The number of aliphatic imine (C=N–C) groups is 1. The topological polar surface area (TPSA) is 45.1 Å². The Balaban J connectivity index is 1.60. The lowest BCUT2D eigenvalue weighted by Crippen LogP contribution is -2.40. The van der Waals surface area contributed by atoms with Crippen molar-refractivity contribution in [3.05, 3.63) is 57.4 Å². The summed E-state index contributed by atoms with van der Waals surface area (Å²) in [6, 6.07) is 13.9. The fourth-order valence-electron chi connectivity index (χ4n) is 4.62. The zero-order valence-corrected chi connectivity index (χ0v) is 21.1. The smallest absolute Gasteiger partial charge is 0.269 e. The number of carbonyl (C=O) groups is 1. The molecule has 2 heterocycles. The molecule has 1 saturated carbocycles.